The zero-order valence-corrected chi connectivity index (χ0v) is 10.7. The van der Waals surface area contributed by atoms with E-state index in [4.69, 9.17) is 14.9 Å². The van der Waals surface area contributed by atoms with Crippen LogP contribution in [0.1, 0.15) is 24.5 Å². The smallest absolute Gasteiger partial charge is 0.171 e. The van der Waals surface area contributed by atoms with Crippen molar-refractivity contribution in [2.45, 2.75) is 26.0 Å². The third kappa shape index (κ3) is 3.12. The van der Waals surface area contributed by atoms with E-state index in [1.54, 1.807) is 26.0 Å². The van der Waals surface area contributed by atoms with Gasteiger partial charge in [-0.25, -0.2) is 8.78 Å². The molecule has 5 heteroatoms. The molecule has 0 amide bonds. The maximum Gasteiger partial charge on any atom is 0.171 e. The molecule has 0 aliphatic carbocycles. The summed E-state index contributed by atoms with van der Waals surface area (Å²) < 4.78 is 37.3. The predicted molar refractivity (Wildman–Crippen MR) is 66.8 cm³/mol. The number of halogens is 2. The molecule has 1 aromatic carbocycles. The van der Waals surface area contributed by atoms with Crippen LogP contribution in [0.3, 0.4) is 0 Å². The molecule has 102 valence electrons. The molecule has 2 aromatic rings. The summed E-state index contributed by atoms with van der Waals surface area (Å²) in [6.07, 6.45) is -0.631. The molecule has 0 radical (unpaired) electrons. The highest BCUT2D eigenvalue weighted by Gasteiger charge is 2.23. The highest BCUT2D eigenvalue weighted by Crippen LogP contribution is 2.27. The van der Waals surface area contributed by atoms with Gasteiger partial charge in [0.15, 0.2) is 17.7 Å². The molecular weight excluding hydrogens is 252 g/mol. The third-order valence-electron chi connectivity index (χ3n) is 2.67. The van der Waals surface area contributed by atoms with E-state index in [0.29, 0.717) is 11.5 Å². The second-order valence-electron chi connectivity index (χ2n) is 4.42. The van der Waals surface area contributed by atoms with Crippen molar-refractivity contribution in [3.63, 3.8) is 0 Å². The van der Waals surface area contributed by atoms with Crippen LogP contribution < -0.4 is 10.5 Å². The van der Waals surface area contributed by atoms with Crippen molar-refractivity contribution in [2.75, 3.05) is 0 Å². The lowest BCUT2D eigenvalue weighted by molar-refractivity contribution is 0.145. The maximum atomic E-state index is 13.6. The molecule has 0 aliphatic heterocycles. The van der Waals surface area contributed by atoms with E-state index < -0.39 is 23.8 Å². The summed E-state index contributed by atoms with van der Waals surface area (Å²) in [4.78, 5) is 0. The molecule has 0 spiro atoms. The van der Waals surface area contributed by atoms with Gasteiger partial charge >= 0.3 is 0 Å². The van der Waals surface area contributed by atoms with Gasteiger partial charge < -0.3 is 14.9 Å². The average Bonchev–Trinajstić information content (AvgIpc) is 2.74. The van der Waals surface area contributed by atoms with Gasteiger partial charge in [0.1, 0.15) is 17.3 Å². The van der Waals surface area contributed by atoms with Gasteiger partial charge in [0, 0.05) is 12.1 Å². The van der Waals surface area contributed by atoms with Crippen molar-refractivity contribution in [1.29, 1.82) is 0 Å². The van der Waals surface area contributed by atoms with Crippen LogP contribution in [0.5, 0.6) is 5.75 Å². The van der Waals surface area contributed by atoms with Gasteiger partial charge in [0.2, 0.25) is 0 Å². The van der Waals surface area contributed by atoms with Gasteiger partial charge in [-0.15, -0.1) is 0 Å². The molecule has 0 saturated carbocycles. The van der Waals surface area contributed by atoms with Crippen LogP contribution in [0.15, 0.2) is 34.7 Å². The normalized spacial score (nSPS) is 14.2. The first-order valence-electron chi connectivity index (χ1n) is 5.91. The Morgan fingerprint density at radius 2 is 1.95 bits per heavy atom. The minimum atomic E-state index is -0.770. The number of benzene rings is 1. The molecular formula is C14H15F2NO2. The summed E-state index contributed by atoms with van der Waals surface area (Å²) in [5.41, 5.74) is 5.82. The van der Waals surface area contributed by atoms with Crippen molar-refractivity contribution in [2.24, 2.45) is 5.73 Å². The summed E-state index contributed by atoms with van der Waals surface area (Å²) in [7, 11) is 0. The Balaban J connectivity index is 2.26. The van der Waals surface area contributed by atoms with E-state index in [2.05, 4.69) is 0 Å². The highest BCUT2D eigenvalue weighted by atomic mass is 19.1. The SMILES string of the molecule is Cc1ccc(C(Oc2ccc(F)cc2F)C(C)N)o1. The second-order valence-corrected chi connectivity index (χ2v) is 4.42. The topological polar surface area (TPSA) is 48.4 Å². The van der Waals surface area contributed by atoms with Crippen LogP contribution in [0, 0.1) is 18.6 Å². The maximum absolute atomic E-state index is 13.6. The molecule has 19 heavy (non-hydrogen) atoms. The first kappa shape index (κ1) is 13.5. The first-order valence-corrected chi connectivity index (χ1v) is 5.91. The van der Waals surface area contributed by atoms with E-state index >= 15 is 0 Å². The van der Waals surface area contributed by atoms with E-state index in [1.807, 2.05) is 0 Å². The number of aryl methyl sites for hydroxylation is 1. The molecule has 0 fully saturated rings. The summed E-state index contributed by atoms with van der Waals surface area (Å²) >= 11 is 0. The average molecular weight is 267 g/mol. The molecule has 0 bridgehead atoms. The Hall–Kier alpha value is -1.88. The Kier molecular flexibility index (Phi) is 3.85. The van der Waals surface area contributed by atoms with Crippen LogP contribution in [0.2, 0.25) is 0 Å². The van der Waals surface area contributed by atoms with Crippen molar-refractivity contribution in [1.82, 2.24) is 0 Å². The molecule has 1 aromatic heterocycles. The van der Waals surface area contributed by atoms with E-state index in [-0.39, 0.29) is 5.75 Å². The number of rotatable bonds is 4. The van der Waals surface area contributed by atoms with Crippen LogP contribution in [-0.4, -0.2) is 6.04 Å². The number of furan rings is 1. The van der Waals surface area contributed by atoms with Gasteiger partial charge in [-0.3, -0.25) is 0 Å². The lowest BCUT2D eigenvalue weighted by Gasteiger charge is -2.20. The molecule has 2 atom stereocenters. The number of hydrogen-bond acceptors (Lipinski definition) is 3. The molecule has 2 N–H and O–H groups in total. The van der Waals surface area contributed by atoms with Gasteiger partial charge in [0.25, 0.3) is 0 Å². The van der Waals surface area contributed by atoms with Crippen LogP contribution in [0.4, 0.5) is 8.78 Å². The standard InChI is InChI=1S/C14H15F2NO2/c1-8-3-5-13(18-8)14(9(2)17)19-12-6-4-10(15)7-11(12)16/h3-7,9,14H,17H2,1-2H3. The Bertz CT molecular complexity index is 566. The van der Waals surface area contributed by atoms with E-state index in [1.165, 1.54) is 6.07 Å². The summed E-state index contributed by atoms with van der Waals surface area (Å²) in [6, 6.07) is 6.22. The fraction of sp³-hybridized carbons (Fsp3) is 0.286. The minimum Gasteiger partial charge on any atom is -0.478 e. The first-order chi connectivity index (χ1) is 8.97. The molecule has 2 rings (SSSR count). The van der Waals surface area contributed by atoms with E-state index in [0.717, 1.165) is 12.1 Å². The van der Waals surface area contributed by atoms with Crippen molar-refractivity contribution < 1.29 is 17.9 Å². The quantitative estimate of drug-likeness (QED) is 0.924. The molecule has 2 unspecified atom stereocenters. The molecule has 1 heterocycles. The number of nitrogens with two attached hydrogens (primary N) is 1. The third-order valence-corrected chi connectivity index (χ3v) is 2.67. The van der Waals surface area contributed by atoms with Gasteiger partial charge in [-0.05, 0) is 38.1 Å². The summed E-state index contributed by atoms with van der Waals surface area (Å²) in [6.45, 7) is 3.52. The molecule has 0 saturated heterocycles. The minimum absolute atomic E-state index is 0.0576. The van der Waals surface area contributed by atoms with Crippen molar-refractivity contribution in [3.05, 3.63) is 53.5 Å². The second kappa shape index (κ2) is 5.40. The fourth-order valence-corrected chi connectivity index (χ4v) is 1.74. The largest absolute Gasteiger partial charge is 0.478 e. The van der Waals surface area contributed by atoms with Crippen LogP contribution in [-0.2, 0) is 0 Å². The zero-order chi connectivity index (χ0) is 14.0. The lowest BCUT2D eigenvalue weighted by Crippen LogP contribution is -2.29. The van der Waals surface area contributed by atoms with Crippen molar-refractivity contribution in [3.8, 4) is 5.75 Å². The Labute approximate surface area is 110 Å². The van der Waals surface area contributed by atoms with Crippen molar-refractivity contribution >= 4 is 0 Å². The Morgan fingerprint density at radius 3 is 2.47 bits per heavy atom. The monoisotopic (exact) mass is 267 g/mol. The van der Waals surface area contributed by atoms with Crippen LogP contribution in [0.25, 0.3) is 0 Å². The fourth-order valence-electron chi connectivity index (χ4n) is 1.74. The van der Waals surface area contributed by atoms with Gasteiger partial charge in [-0.2, -0.15) is 0 Å². The van der Waals surface area contributed by atoms with Crippen LogP contribution >= 0.6 is 0 Å². The van der Waals surface area contributed by atoms with E-state index in [9.17, 15) is 8.78 Å². The highest BCUT2D eigenvalue weighted by molar-refractivity contribution is 5.26. The number of hydrogen-bond donors (Lipinski definition) is 1. The summed E-state index contributed by atoms with van der Waals surface area (Å²) in [5.74, 6) is -0.261. The van der Waals surface area contributed by atoms with Gasteiger partial charge in [-0.1, -0.05) is 0 Å². The predicted octanol–water partition coefficient (Wildman–Crippen LogP) is 3.33. The lowest BCUT2D eigenvalue weighted by atomic mass is 10.1. The Morgan fingerprint density at radius 1 is 1.21 bits per heavy atom. The molecule has 3 nitrogen and oxygen atoms in total. The zero-order valence-electron chi connectivity index (χ0n) is 10.7. The van der Waals surface area contributed by atoms with Gasteiger partial charge in [0.05, 0.1) is 0 Å². The molecule has 0 aliphatic rings. The number of ether oxygens (including phenoxy) is 1. The summed E-state index contributed by atoms with van der Waals surface area (Å²) in [5, 5.41) is 0.